The third kappa shape index (κ3) is 7.07. The summed E-state index contributed by atoms with van der Waals surface area (Å²) < 4.78 is 12.0. The van der Waals surface area contributed by atoms with Crippen LogP contribution in [0.15, 0.2) is 79.1 Å². The minimum absolute atomic E-state index is 0.0188. The molecule has 0 unspecified atom stereocenters. The van der Waals surface area contributed by atoms with Gasteiger partial charge in [-0.05, 0) is 62.1 Å². The van der Waals surface area contributed by atoms with Crippen molar-refractivity contribution >= 4 is 21.9 Å². The van der Waals surface area contributed by atoms with E-state index in [0.29, 0.717) is 47.9 Å². The summed E-state index contributed by atoms with van der Waals surface area (Å²) in [5.41, 5.74) is 0.332. The number of phenolic OH excluding ortho intramolecular Hbond substituents is 8. The van der Waals surface area contributed by atoms with Gasteiger partial charge in [0.1, 0.15) is 56.5 Å². The molecule has 4 aromatic carbocycles. The van der Waals surface area contributed by atoms with Crippen LogP contribution in [0.3, 0.4) is 0 Å². The van der Waals surface area contributed by atoms with Gasteiger partial charge < -0.3 is 49.7 Å². The highest BCUT2D eigenvalue weighted by atomic mass is 16.3. The van der Waals surface area contributed by atoms with Gasteiger partial charge in [0.15, 0.2) is 33.9 Å². The van der Waals surface area contributed by atoms with Crippen molar-refractivity contribution in [2.24, 2.45) is 0 Å². The van der Waals surface area contributed by atoms with Crippen LogP contribution < -0.4 is 10.9 Å². The van der Waals surface area contributed by atoms with Gasteiger partial charge in [-0.3, -0.25) is 9.59 Å². The summed E-state index contributed by atoms with van der Waals surface area (Å²) in [6.07, 6.45) is 5.97. The third-order valence-corrected chi connectivity index (χ3v) is 8.94. The van der Waals surface area contributed by atoms with Crippen LogP contribution in [0.5, 0.6) is 46.0 Å². The predicted octanol–water partition coefficient (Wildman–Crippen LogP) is 7.39. The minimum atomic E-state index is -0.457. The monoisotopic (exact) mass is 696 g/mol. The molecule has 0 saturated carbocycles. The van der Waals surface area contributed by atoms with Gasteiger partial charge in [0, 0.05) is 46.5 Å². The fourth-order valence-corrected chi connectivity index (χ4v) is 6.38. The van der Waals surface area contributed by atoms with Crippen molar-refractivity contribution in [3.8, 4) is 68.6 Å². The SMILES string of the molecule is O=c1c(CCCCCCCCCc2c(-c3ccc(O)c(O)c3)oc3cc(O)cc(O)c3c2=O)c(-c2ccc(O)c(O)c2)oc2cc(O)cc(O)c12. The van der Waals surface area contributed by atoms with E-state index in [1.807, 2.05) is 0 Å². The number of rotatable bonds is 12. The molecule has 0 amide bonds. The van der Waals surface area contributed by atoms with E-state index >= 15 is 0 Å². The van der Waals surface area contributed by atoms with Gasteiger partial charge in [0.2, 0.25) is 0 Å². The van der Waals surface area contributed by atoms with Crippen molar-refractivity contribution < 1.29 is 49.7 Å². The lowest BCUT2D eigenvalue weighted by atomic mass is 9.97. The van der Waals surface area contributed by atoms with E-state index < -0.39 is 33.9 Å². The average Bonchev–Trinajstić information content (AvgIpc) is 3.07. The van der Waals surface area contributed by atoms with Gasteiger partial charge in [0.25, 0.3) is 0 Å². The van der Waals surface area contributed by atoms with Crippen molar-refractivity contribution in [3.63, 3.8) is 0 Å². The Balaban J connectivity index is 1.10. The maximum atomic E-state index is 13.5. The van der Waals surface area contributed by atoms with Crippen molar-refractivity contribution in [2.75, 3.05) is 0 Å². The Morgan fingerprint density at radius 1 is 0.412 bits per heavy atom. The topological polar surface area (TPSA) is 222 Å². The number of phenols is 8. The van der Waals surface area contributed by atoms with Crippen LogP contribution in [-0.4, -0.2) is 40.9 Å². The Morgan fingerprint density at radius 2 is 0.784 bits per heavy atom. The lowest BCUT2D eigenvalue weighted by Gasteiger charge is -2.12. The van der Waals surface area contributed by atoms with E-state index in [1.165, 1.54) is 48.5 Å². The summed E-state index contributed by atoms with van der Waals surface area (Å²) in [7, 11) is 0. The molecule has 0 spiro atoms. The summed E-state index contributed by atoms with van der Waals surface area (Å²) in [5, 5.41) is 80.3. The Labute approximate surface area is 290 Å². The average molecular weight is 697 g/mol. The first-order chi connectivity index (χ1) is 24.4. The fraction of sp³-hybridized carbons (Fsp3) is 0.231. The molecule has 0 atom stereocenters. The molecule has 0 aliphatic carbocycles. The van der Waals surface area contributed by atoms with Gasteiger partial charge in [-0.25, -0.2) is 0 Å². The predicted molar refractivity (Wildman–Crippen MR) is 189 cm³/mol. The second-order valence-corrected chi connectivity index (χ2v) is 12.5. The molecule has 0 saturated heterocycles. The number of aromatic hydroxyl groups is 8. The van der Waals surface area contributed by atoms with Crippen LogP contribution >= 0.6 is 0 Å². The van der Waals surface area contributed by atoms with Crippen molar-refractivity contribution in [1.82, 2.24) is 0 Å². The maximum Gasteiger partial charge on any atom is 0.200 e. The number of unbranched alkanes of at least 4 members (excludes halogenated alkanes) is 6. The van der Waals surface area contributed by atoms with Gasteiger partial charge in [-0.1, -0.05) is 32.1 Å². The Kier molecular flexibility index (Phi) is 9.68. The number of benzene rings is 4. The van der Waals surface area contributed by atoms with Crippen LogP contribution in [0, 0.1) is 0 Å². The molecule has 0 fully saturated rings. The molecule has 12 nitrogen and oxygen atoms in total. The normalized spacial score (nSPS) is 11.5. The van der Waals surface area contributed by atoms with E-state index in [4.69, 9.17) is 8.83 Å². The Bertz CT molecular complexity index is 2220. The highest BCUT2D eigenvalue weighted by molar-refractivity contribution is 5.88. The first-order valence-corrected chi connectivity index (χ1v) is 16.5. The lowest BCUT2D eigenvalue weighted by molar-refractivity contribution is 0.404. The molecular weight excluding hydrogens is 660 g/mol. The van der Waals surface area contributed by atoms with Crippen LogP contribution in [0.2, 0.25) is 0 Å². The van der Waals surface area contributed by atoms with Crippen molar-refractivity contribution in [2.45, 2.75) is 57.8 Å². The molecule has 2 aromatic heterocycles. The standard InChI is InChI=1S/C39H36O12/c40-22-16-30(46)34-32(18-22)50-38(20-10-12-26(42)28(44)14-20)24(36(34)48)8-6-4-2-1-3-5-7-9-25-37(49)35-31(47)17-23(41)19-33(35)51-39(25)21-11-13-27(43)29(45)15-21/h10-19,40-47H,1-9H2. The summed E-state index contributed by atoms with van der Waals surface area (Å²) >= 11 is 0. The maximum absolute atomic E-state index is 13.5. The molecule has 51 heavy (non-hydrogen) atoms. The van der Waals surface area contributed by atoms with Crippen LogP contribution in [0.25, 0.3) is 44.6 Å². The molecule has 6 rings (SSSR count). The van der Waals surface area contributed by atoms with E-state index in [0.717, 1.165) is 44.2 Å². The first kappa shape index (κ1) is 34.6. The zero-order valence-corrected chi connectivity index (χ0v) is 27.3. The number of hydrogen-bond donors (Lipinski definition) is 8. The van der Waals surface area contributed by atoms with E-state index in [-0.39, 0.29) is 56.5 Å². The van der Waals surface area contributed by atoms with E-state index in [1.54, 1.807) is 0 Å². The highest BCUT2D eigenvalue weighted by Crippen LogP contribution is 2.38. The van der Waals surface area contributed by atoms with Crippen LogP contribution in [0.4, 0.5) is 0 Å². The number of fused-ring (bicyclic) bond motifs is 2. The highest BCUT2D eigenvalue weighted by Gasteiger charge is 2.22. The minimum Gasteiger partial charge on any atom is -0.508 e. The van der Waals surface area contributed by atoms with Crippen LogP contribution in [-0.2, 0) is 12.8 Å². The molecule has 264 valence electrons. The zero-order chi connectivity index (χ0) is 36.4. The Hall–Kier alpha value is -6.30. The van der Waals surface area contributed by atoms with Gasteiger partial charge in [-0.2, -0.15) is 0 Å². The molecule has 2 heterocycles. The second kappa shape index (κ2) is 14.3. The molecule has 0 bridgehead atoms. The number of hydrogen-bond acceptors (Lipinski definition) is 12. The molecule has 8 N–H and O–H groups in total. The molecule has 0 aliphatic rings. The van der Waals surface area contributed by atoms with Gasteiger partial charge >= 0.3 is 0 Å². The summed E-state index contributed by atoms with van der Waals surface area (Å²) in [6.45, 7) is 0. The smallest absolute Gasteiger partial charge is 0.200 e. The summed E-state index contributed by atoms with van der Waals surface area (Å²) in [4.78, 5) is 27.1. The quantitative estimate of drug-likeness (QED) is 0.0463. The van der Waals surface area contributed by atoms with Gasteiger partial charge in [-0.15, -0.1) is 0 Å². The molecule has 0 radical (unpaired) electrons. The van der Waals surface area contributed by atoms with Crippen LogP contribution in [0.1, 0.15) is 56.1 Å². The lowest BCUT2D eigenvalue weighted by Crippen LogP contribution is -2.12. The third-order valence-electron chi connectivity index (χ3n) is 8.94. The Morgan fingerprint density at radius 3 is 1.16 bits per heavy atom. The zero-order valence-electron chi connectivity index (χ0n) is 27.3. The molecule has 12 heteroatoms. The second-order valence-electron chi connectivity index (χ2n) is 12.5. The molecule has 0 aliphatic heterocycles. The first-order valence-electron chi connectivity index (χ1n) is 16.5. The molecular formula is C39H36O12. The largest absolute Gasteiger partial charge is 0.508 e. The summed E-state index contributed by atoms with van der Waals surface area (Å²) in [6, 6.07) is 12.7. The van der Waals surface area contributed by atoms with Crippen molar-refractivity contribution in [3.05, 3.63) is 92.2 Å². The van der Waals surface area contributed by atoms with E-state index in [2.05, 4.69) is 0 Å². The molecule has 6 aromatic rings. The van der Waals surface area contributed by atoms with E-state index in [9.17, 15) is 50.4 Å². The fourth-order valence-electron chi connectivity index (χ4n) is 6.38. The summed E-state index contributed by atoms with van der Waals surface area (Å²) in [5.74, 6) is -2.51. The van der Waals surface area contributed by atoms with Crippen molar-refractivity contribution in [1.29, 1.82) is 0 Å². The van der Waals surface area contributed by atoms with Gasteiger partial charge in [0.05, 0.1) is 0 Å².